The predicted molar refractivity (Wildman–Crippen MR) is 43.1 cm³/mol. The number of carbonyl (C=O) groups excluding carboxylic acids is 1. The average Bonchev–Trinajstić information content (AvgIpc) is 2.02. The van der Waals surface area contributed by atoms with Gasteiger partial charge in [-0.2, -0.15) is 0 Å². The van der Waals surface area contributed by atoms with Crippen LogP contribution in [0.25, 0.3) is 0 Å². The van der Waals surface area contributed by atoms with E-state index in [0.29, 0.717) is 0 Å². The van der Waals surface area contributed by atoms with Crippen molar-refractivity contribution in [2.24, 2.45) is 0 Å². The molecule has 0 rings (SSSR count). The Morgan fingerprint density at radius 1 is 1.42 bits per heavy atom. The third-order valence-corrected chi connectivity index (χ3v) is 1.12. The third-order valence-electron chi connectivity index (χ3n) is 1.12. The molecule has 0 aromatic rings. The van der Waals surface area contributed by atoms with Crippen LogP contribution in [0.15, 0.2) is 12.2 Å². The molecule has 12 heavy (non-hydrogen) atoms. The van der Waals surface area contributed by atoms with Gasteiger partial charge in [-0.1, -0.05) is 6.08 Å². The van der Waals surface area contributed by atoms with Gasteiger partial charge in [-0.3, -0.25) is 4.89 Å². The fourth-order valence-electron chi connectivity index (χ4n) is 0.339. The summed E-state index contributed by atoms with van der Waals surface area (Å²) in [5, 5.41) is 0. The SMILES string of the molecule is C/C=C/C(=O)OOC(C)(C)OC. The maximum Gasteiger partial charge on any atom is 0.365 e. The Kier molecular flexibility index (Phi) is 4.54. The first-order chi connectivity index (χ1) is 5.52. The molecule has 0 aliphatic carbocycles. The van der Waals surface area contributed by atoms with Crippen molar-refractivity contribution in [1.29, 1.82) is 0 Å². The highest BCUT2D eigenvalue weighted by Gasteiger charge is 2.19. The third kappa shape index (κ3) is 4.87. The molecule has 0 aliphatic heterocycles. The van der Waals surface area contributed by atoms with Crippen LogP contribution in [-0.4, -0.2) is 18.9 Å². The van der Waals surface area contributed by atoms with Gasteiger partial charge in [-0.25, -0.2) is 4.79 Å². The standard InChI is InChI=1S/C8H14O4/c1-5-6-7(9)11-12-8(2,3)10-4/h5-6H,1-4H3/b6-5+. The smallest absolute Gasteiger partial charge is 0.350 e. The Morgan fingerprint density at radius 3 is 2.42 bits per heavy atom. The van der Waals surface area contributed by atoms with Gasteiger partial charge >= 0.3 is 5.97 Å². The molecule has 0 bridgehead atoms. The summed E-state index contributed by atoms with van der Waals surface area (Å²) >= 11 is 0. The summed E-state index contributed by atoms with van der Waals surface area (Å²) in [6.07, 6.45) is 2.82. The Morgan fingerprint density at radius 2 is 2.00 bits per heavy atom. The molecule has 0 saturated carbocycles. The van der Waals surface area contributed by atoms with E-state index in [1.165, 1.54) is 13.2 Å². The van der Waals surface area contributed by atoms with Crippen LogP contribution in [-0.2, 0) is 19.3 Å². The first-order valence-electron chi connectivity index (χ1n) is 3.59. The normalized spacial score (nSPS) is 12.0. The van der Waals surface area contributed by atoms with E-state index in [-0.39, 0.29) is 0 Å². The fraction of sp³-hybridized carbons (Fsp3) is 0.625. The van der Waals surface area contributed by atoms with Crippen molar-refractivity contribution in [1.82, 2.24) is 0 Å². The lowest BCUT2D eigenvalue weighted by molar-refractivity contribution is -0.384. The zero-order valence-corrected chi connectivity index (χ0v) is 7.79. The average molecular weight is 174 g/mol. The fourth-order valence-corrected chi connectivity index (χ4v) is 0.339. The van der Waals surface area contributed by atoms with Crippen LogP contribution in [0.4, 0.5) is 0 Å². The van der Waals surface area contributed by atoms with Gasteiger partial charge in [0.05, 0.1) is 0 Å². The van der Waals surface area contributed by atoms with E-state index in [1.54, 1.807) is 26.8 Å². The molecule has 4 nitrogen and oxygen atoms in total. The van der Waals surface area contributed by atoms with Gasteiger partial charge in [-0.05, 0) is 20.8 Å². The lowest BCUT2D eigenvalue weighted by atomic mass is 10.4. The molecule has 0 aliphatic rings. The number of hydrogen-bond donors (Lipinski definition) is 0. The molecule has 0 heterocycles. The Labute approximate surface area is 72.0 Å². The van der Waals surface area contributed by atoms with Crippen molar-refractivity contribution >= 4 is 5.97 Å². The number of hydrogen-bond acceptors (Lipinski definition) is 4. The van der Waals surface area contributed by atoms with E-state index in [2.05, 4.69) is 9.78 Å². The number of ether oxygens (including phenoxy) is 1. The molecule has 0 unspecified atom stereocenters. The highest BCUT2D eigenvalue weighted by molar-refractivity contribution is 5.81. The molecular formula is C8H14O4. The molecule has 0 spiro atoms. The molecule has 0 amide bonds. The minimum Gasteiger partial charge on any atom is -0.350 e. The summed E-state index contributed by atoms with van der Waals surface area (Å²) in [7, 11) is 1.46. The summed E-state index contributed by atoms with van der Waals surface area (Å²) in [6, 6.07) is 0. The first kappa shape index (κ1) is 11.1. The number of methoxy groups -OCH3 is 1. The summed E-state index contributed by atoms with van der Waals surface area (Å²) < 4.78 is 4.84. The van der Waals surface area contributed by atoms with Crippen LogP contribution in [0.1, 0.15) is 20.8 Å². The molecule has 4 heteroatoms. The molecule has 0 fully saturated rings. The van der Waals surface area contributed by atoms with Crippen LogP contribution in [0.2, 0.25) is 0 Å². The maximum absolute atomic E-state index is 10.7. The topological polar surface area (TPSA) is 44.8 Å². The summed E-state index contributed by atoms with van der Waals surface area (Å²) in [5.41, 5.74) is 0. The second-order valence-corrected chi connectivity index (χ2v) is 2.59. The Hall–Kier alpha value is -0.870. The minimum atomic E-state index is -0.906. The van der Waals surface area contributed by atoms with Crippen LogP contribution in [0, 0.1) is 0 Å². The van der Waals surface area contributed by atoms with Crippen LogP contribution < -0.4 is 0 Å². The number of carbonyl (C=O) groups is 1. The van der Waals surface area contributed by atoms with Crippen molar-refractivity contribution in [3.63, 3.8) is 0 Å². The minimum absolute atomic E-state index is 0.553. The van der Waals surface area contributed by atoms with Gasteiger partial charge in [0.1, 0.15) is 0 Å². The molecule has 0 N–H and O–H groups in total. The molecular weight excluding hydrogens is 160 g/mol. The lowest BCUT2D eigenvalue weighted by Crippen LogP contribution is -2.27. The van der Waals surface area contributed by atoms with Gasteiger partial charge in [0.2, 0.25) is 5.79 Å². The van der Waals surface area contributed by atoms with Gasteiger partial charge < -0.3 is 4.74 Å². The van der Waals surface area contributed by atoms with Gasteiger partial charge in [0.15, 0.2) is 0 Å². The van der Waals surface area contributed by atoms with E-state index >= 15 is 0 Å². The van der Waals surface area contributed by atoms with Crippen molar-refractivity contribution in [3.05, 3.63) is 12.2 Å². The molecule has 0 aromatic heterocycles. The zero-order valence-electron chi connectivity index (χ0n) is 7.79. The van der Waals surface area contributed by atoms with Gasteiger partial charge in [0.25, 0.3) is 0 Å². The quantitative estimate of drug-likeness (QED) is 0.280. The maximum atomic E-state index is 10.7. The second kappa shape index (κ2) is 4.90. The predicted octanol–water partition coefficient (Wildman–Crippen LogP) is 1.42. The summed E-state index contributed by atoms with van der Waals surface area (Å²) in [6.45, 7) is 4.98. The van der Waals surface area contributed by atoms with Gasteiger partial charge in [0, 0.05) is 13.2 Å². The number of rotatable bonds is 4. The van der Waals surface area contributed by atoms with Crippen LogP contribution >= 0.6 is 0 Å². The highest BCUT2D eigenvalue weighted by Crippen LogP contribution is 2.09. The van der Waals surface area contributed by atoms with E-state index < -0.39 is 11.8 Å². The highest BCUT2D eigenvalue weighted by atomic mass is 17.2. The van der Waals surface area contributed by atoms with Crippen LogP contribution in [0.3, 0.4) is 0 Å². The van der Waals surface area contributed by atoms with E-state index in [0.717, 1.165) is 0 Å². The van der Waals surface area contributed by atoms with E-state index in [4.69, 9.17) is 4.74 Å². The van der Waals surface area contributed by atoms with E-state index in [9.17, 15) is 4.79 Å². The summed E-state index contributed by atoms with van der Waals surface area (Å²) in [5.74, 6) is -1.46. The van der Waals surface area contributed by atoms with Crippen molar-refractivity contribution < 1.29 is 19.3 Å². The molecule has 0 radical (unpaired) electrons. The van der Waals surface area contributed by atoms with Crippen LogP contribution in [0.5, 0.6) is 0 Å². The summed E-state index contributed by atoms with van der Waals surface area (Å²) in [4.78, 5) is 19.8. The van der Waals surface area contributed by atoms with E-state index in [1.807, 2.05) is 0 Å². The molecule has 0 saturated heterocycles. The number of allylic oxidation sites excluding steroid dienone is 1. The molecule has 0 aromatic carbocycles. The molecule has 0 atom stereocenters. The van der Waals surface area contributed by atoms with Crippen molar-refractivity contribution in [2.45, 2.75) is 26.6 Å². The monoisotopic (exact) mass is 174 g/mol. The zero-order chi connectivity index (χ0) is 9.61. The largest absolute Gasteiger partial charge is 0.365 e. The molecule has 70 valence electrons. The Balaban J connectivity index is 3.75. The first-order valence-corrected chi connectivity index (χ1v) is 3.59. The van der Waals surface area contributed by atoms with Crippen molar-refractivity contribution in [3.8, 4) is 0 Å². The van der Waals surface area contributed by atoms with Gasteiger partial charge in [-0.15, -0.1) is 4.89 Å². The van der Waals surface area contributed by atoms with Crippen molar-refractivity contribution in [2.75, 3.05) is 7.11 Å². The Bertz CT molecular complexity index is 172. The lowest BCUT2D eigenvalue weighted by Gasteiger charge is -2.19. The second-order valence-electron chi connectivity index (χ2n) is 2.59.